The fourth-order valence-corrected chi connectivity index (χ4v) is 1.29. The van der Waals surface area contributed by atoms with Crippen LogP contribution >= 0.6 is 0 Å². The van der Waals surface area contributed by atoms with Gasteiger partial charge in [0.05, 0.1) is 18.8 Å². The van der Waals surface area contributed by atoms with Gasteiger partial charge in [0.25, 0.3) is 0 Å². The van der Waals surface area contributed by atoms with E-state index in [2.05, 4.69) is 0 Å². The summed E-state index contributed by atoms with van der Waals surface area (Å²) in [5.74, 6) is -1.94. The van der Waals surface area contributed by atoms with Crippen molar-refractivity contribution in [3.63, 3.8) is 0 Å². The van der Waals surface area contributed by atoms with Crippen LogP contribution in [0.2, 0.25) is 0 Å². The van der Waals surface area contributed by atoms with E-state index in [1.54, 1.807) is 0 Å². The molecule has 0 unspecified atom stereocenters. The molecular weight excluding hydrogens is 218 g/mol. The number of hydrogen-bond acceptors (Lipinski definition) is 3. The average molecular weight is 228 g/mol. The molecule has 0 saturated carbocycles. The Morgan fingerprint density at radius 1 is 1.44 bits per heavy atom. The third-order valence-electron chi connectivity index (χ3n) is 2.29. The Hall–Kier alpha value is -1.33. The maximum atomic E-state index is 13.2. The lowest BCUT2D eigenvalue weighted by Crippen LogP contribution is -2.37. The monoisotopic (exact) mass is 228 g/mol. The van der Waals surface area contributed by atoms with Crippen molar-refractivity contribution in [1.29, 1.82) is 0 Å². The summed E-state index contributed by atoms with van der Waals surface area (Å²) >= 11 is 0. The van der Waals surface area contributed by atoms with Gasteiger partial charge in [-0.25, -0.2) is 8.78 Å². The van der Waals surface area contributed by atoms with Crippen molar-refractivity contribution in [2.75, 3.05) is 19.8 Å². The molecule has 1 aliphatic heterocycles. The lowest BCUT2D eigenvalue weighted by Gasteiger charge is -2.25. The number of benzene rings is 1. The van der Waals surface area contributed by atoms with Gasteiger partial charge >= 0.3 is 0 Å². The van der Waals surface area contributed by atoms with Crippen molar-refractivity contribution in [1.82, 2.24) is 0 Å². The summed E-state index contributed by atoms with van der Waals surface area (Å²) < 4.78 is 35.9. The fraction of sp³-hybridized carbons (Fsp3) is 0.364. The van der Waals surface area contributed by atoms with Crippen LogP contribution in [-0.4, -0.2) is 31.7 Å². The maximum Gasteiger partial charge on any atom is 0.191 e. The molecule has 2 rings (SSSR count). The fourth-order valence-electron chi connectivity index (χ4n) is 1.29. The van der Waals surface area contributed by atoms with Crippen molar-refractivity contribution in [2.24, 2.45) is 0 Å². The van der Waals surface area contributed by atoms with E-state index in [9.17, 15) is 13.6 Å². The number of ketones is 1. The first-order valence-electron chi connectivity index (χ1n) is 4.84. The van der Waals surface area contributed by atoms with E-state index in [0.29, 0.717) is 13.2 Å². The molecule has 1 heterocycles. The highest BCUT2D eigenvalue weighted by molar-refractivity contribution is 5.97. The molecule has 0 N–H and O–H groups in total. The molecule has 1 aromatic carbocycles. The Balaban J connectivity index is 1.99. The molecule has 1 aliphatic rings. The van der Waals surface area contributed by atoms with Gasteiger partial charge in [-0.15, -0.1) is 0 Å². The van der Waals surface area contributed by atoms with E-state index in [0.717, 1.165) is 18.2 Å². The number of Topliss-reactive ketones (excluding diaryl/α,β-unsaturated/α-hetero) is 1. The van der Waals surface area contributed by atoms with Gasteiger partial charge in [-0.1, -0.05) is 0 Å². The molecule has 5 heteroatoms. The van der Waals surface area contributed by atoms with Crippen LogP contribution in [0.15, 0.2) is 18.2 Å². The lowest BCUT2D eigenvalue weighted by atomic mass is 10.1. The smallest absolute Gasteiger partial charge is 0.191 e. The first kappa shape index (κ1) is 11.2. The molecule has 86 valence electrons. The first-order chi connectivity index (χ1) is 7.66. The van der Waals surface area contributed by atoms with Crippen molar-refractivity contribution in [2.45, 2.75) is 6.10 Å². The number of halogens is 2. The van der Waals surface area contributed by atoms with E-state index in [-0.39, 0.29) is 18.3 Å². The highest BCUT2D eigenvalue weighted by Crippen LogP contribution is 2.12. The number of rotatable bonds is 4. The lowest BCUT2D eigenvalue weighted by molar-refractivity contribution is -0.123. The maximum absolute atomic E-state index is 13.2. The minimum atomic E-state index is -0.736. The molecule has 3 nitrogen and oxygen atoms in total. The van der Waals surface area contributed by atoms with Crippen molar-refractivity contribution in [3.05, 3.63) is 35.4 Å². The normalized spacial score (nSPS) is 15.9. The highest BCUT2D eigenvalue weighted by Gasteiger charge is 2.21. The molecule has 1 saturated heterocycles. The van der Waals surface area contributed by atoms with E-state index in [4.69, 9.17) is 9.47 Å². The van der Waals surface area contributed by atoms with Gasteiger partial charge in [0, 0.05) is 0 Å². The van der Waals surface area contributed by atoms with Gasteiger partial charge in [0.15, 0.2) is 5.78 Å². The van der Waals surface area contributed by atoms with Crippen LogP contribution in [0, 0.1) is 11.6 Å². The second kappa shape index (κ2) is 4.67. The molecule has 1 aromatic rings. The van der Waals surface area contributed by atoms with Gasteiger partial charge in [0.1, 0.15) is 24.3 Å². The molecule has 16 heavy (non-hydrogen) atoms. The van der Waals surface area contributed by atoms with Crippen LogP contribution in [0.4, 0.5) is 8.78 Å². The second-order valence-electron chi connectivity index (χ2n) is 3.52. The van der Waals surface area contributed by atoms with Crippen molar-refractivity contribution in [3.8, 4) is 0 Å². The van der Waals surface area contributed by atoms with Crippen LogP contribution in [0.5, 0.6) is 0 Å². The quantitative estimate of drug-likeness (QED) is 0.734. The van der Waals surface area contributed by atoms with Gasteiger partial charge in [0.2, 0.25) is 0 Å². The Bertz CT molecular complexity index is 402. The Morgan fingerprint density at radius 2 is 2.19 bits per heavy atom. The minimum Gasteiger partial charge on any atom is -0.376 e. The van der Waals surface area contributed by atoms with Gasteiger partial charge < -0.3 is 9.47 Å². The molecular formula is C11H10F2O3. The van der Waals surface area contributed by atoms with E-state index in [1.807, 2.05) is 0 Å². The summed E-state index contributed by atoms with van der Waals surface area (Å²) in [6.45, 7) is 0.631. The molecule has 0 radical (unpaired) electrons. The summed E-state index contributed by atoms with van der Waals surface area (Å²) in [7, 11) is 0. The summed E-state index contributed by atoms with van der Waals surface area (Å²) in [4.78, 5) is 11.5. The molecule has 0 aromatic heterocycles. The van der Waals surface area contributed by atoms with E-state index >= 15 is 0 Å². The minimum absolute atomic E-state index is 0.111. The summed E-state index contributed by atoms with van der Waals surface area (Å²) in [5, 5.41) is 0. The zero-order valence-electron chi connectivity index (χ0n) is 8.41. The van der Waals surface area contributed by atoms with Crippen LogP contribution in [-0.2, 0) is 9.47 Å². The molecule has 0 spiro atoms. The Kier molecular flexibility index (Phi) is 3.26. The first-order valence-corrected chi connectivity index (χ1v) is 4.84. The van der Waals surface area contributed by atoms with E-state index < -0.39 is 17.4 Å². The third kappa shape index (κ3) is 2.43. The predicted molar refractivity (Wildman–Crippen MR) is 51.2 cm³/mol. The number of hydrogen-bond donors (Lipinski definition) is 0. The third-order valence-corrected chi connectivity index (χ3v) is 2.29. The van der Waals surface area contributed by atoms with Gasteiger partial charge in [-0.3, -0.25) is 4.79 Å². The molecule has 0 aliphatic carbocycles. The zero-order chi connectivity index (χ0) is 11.5. The van der Waals surface area contributed by atoms with Crippen molar-refractivity contribution < 1.29 is 23.0 Å². The predicted octanol–water partition coefficient (Wildman–Crippen LogP) is 1.56. The number of ether oxygens (including phenoxy) is 2. The highest BCUT2D eigenvalue weighted by atomic mass is 19.1. The second-order valence-corrected chi connectivity index (χ2v) is 3.52. The number of carbonyl (C=O) groups is 1. The zero-order valence-corrected chi connectivity index (χ0v) is 8.41. The molecule has 0 bridgehead atoms. The Morgan fingerprint density at radius 3 is 2.81 bits per heavy atom. The van der Waals surface area contributed by atoms with Crippen LogP contribution in [0.3, 0.4) is 0 Å². The molecule has 0 amide bonds. The Labute approximate surface area is 91.0 Å². The summed E-state index contributed by atoms with van der Waals surface area (Å²) in [6.07, 6.45) is -0.111. The van der Waals surface area contributed by atoms with E-state index in [1.165, 1.54) is 0 Å². The summed E-state index contributed by atoms with van der Waals surface area (Å²) in [5.41, 5.74) is -0.278. The SMILES string of the molecule is O=C(COC1COC1)c1cc(F)ccc1F. The van der Waals surface area contributed by atoms with Crippen LogP contribution in [0.1, 0.15) is 10.4 Å². The average Bonchev–Trinajstić information content (AvgIpc) is 2.19. The topological polar surface area (TPSA) is 35.5 Å². The number of carbonyl (C=O) groups excluding carboxylic acids is 1. The molecule has 0 atom stereocenters. The largest absolute Gasteiger partial charge is 0.376 e. The van der Waals surface area contributed by atoms with Crippen LogP contribution in [0.25, 0.3) is 0 Å². The molecule has 1 fully saturated rings. The summed E-state index contributed by atoms with van der Waals surface area (Å²) in [6, 6.07) is 2.76. The van der Waals surface area contributed by atoms with Crippen LogP contribution < -0.4 is 0 Å². The standard InChI is InChI=1S/C11H10F2O3/c12-7-1-2-10(13)9(3-7)11(14)6-16-8-4-15-5-8/h1-3,8H,4-6H2. The van der Waals surface area contributed by atoms with Crippen molar-refractivity contribution >= 4 is 5.78 Å². The van der Waals surface area contributed by atoms with Gasteiger partial charge in [-0.2, -0.15) is 0 Å². The van der Waals surface area contributed by atoms with Gasteiger partial charge in [-0.05, 0) is 18.2 Å².